The molecule has 1 atom stereocenters. The highest BCUT2D eigenvalue weighted by molar-refractivity contribution is 6.31. The summed E-state index contributed by atoms with van der Waals surface area (Å²) in [5.74, 6) is 0. The lowest BCUT2D eigenvalue weighted by atomic mass is 10.1. The summed E-state index contributed by atoms with van der Waals surface area (Å²) in [5, 5.41) is 8.42. The van der Waals surface area contributed by atoms with Gasteiger partial charge in [-0.25, -0.2) is 0 Å². The first-order valence-electron chi connectivity index (χ1n) is 6.57. The van der Waals surface area contributed by atoms with Gasteiger partial charge >= 0.3 is 0 Å². The van der Waals surface area contributed by atoms with Crippen LogP contribution in [0.25, 0.3) is 0 Å². The lowest BCUT2D eigenvalue weighted by Gasteiger charge is -2.11. The van der Waals surface area contributed by atoms with Crippen molar-refractivity contribution in [1.29, 1.82) is 0 Å². The van der Waals surface area contributed by atoms with Crippen molar-refractivity contribution in [2.75, 3.05) is 7.05 Å². The first kappa shape index (κ1) is 14.2. The van der Waals surface area contributed by atoms with Crippen LogP contribution in [0.5, 0.6) is 0 Å². The van der Waals surface area contributed by atoms with Gasteiger partial charge in [-0.05, 0) is 32.0 Å². The van der Waals surface area contributed by atoms with Crippen molar-refractivity contribution in [3.63, 3.8) is 0 Å². The Hall–Kier alpha value is -1.26. The van der Waals surface area contributed by atoms with E-state index in [1.165, 1.54) is 5.56 Å². The van der Waals surface area contributed by atoms with E-state index in [1.54, 1.807) is 0 Å². The van der Waals surface area contributed by atoms with E-state index in [2.05, 4.69) is 40.4 Å². The molecular formula is C14H21ClN4. The Kier molecular flexibility index (Phi) is 4.32. The molecule has 0 radical (unpaired) electrons. The molecule has 0 aliphatic rings. The van der Waals surface area contributed by atoms with E-state index in [1.807, 2.05) is 25.7 Å². The molecule has 2 aromatic heterocycles. The number of aromatic nitrogens is 3. The van der Waals surface area contributed by atoms with Crippen molar-refractivity contribution in [3.8, 4) is 0 Å². The maximum absolute atomic E-state index is 6.28. The van der Waals surface area contributed by atoms with Gasteiger partial charge in [0, 0.05) is 25.5 Å². The minimum absolute atomic E-state index is 0.407. The van der Waals surface area contributed by atoms with Gasteiger partial charge in [0.25, 0.3) is 0 Å². The second-order valence-electron chi connectivity index (χ2n) is 4.84. The molecule has 0 aliphatic carbocycles. The quantitative estimate of drug-likeness (QED) is 0.914. The lowest BCUT2D eigenvalue weighted by molar-refractivity contribution is 0.574. The second kappa shape index (κ2) is 5.80. The normalized spacial score (nSPS) is 12.9. The van der Waals surface area contributed by atoms with Gasteiger partial charge in [-0.1, -0.05) is 18.5 Å². The van der Waals surface area contributed by atoms with Crippen molar-refractivity contribution in [2.24, 2.45) is 7.05 Å². The molecule has 5 heteroatoms. The smallest absolute Gasteiger partial charge is 0.0865 e. The van der Waals surface area contributed by atoms with Gasteiger partial charge < -0.3 is 9.88 Å². The van der Waals surface area contributed by atoms with E-state index in [-0.39, 0.29) is 0 Å². The molecule has 19 heavy (non-hydrogen) atoms. The molecule has 0 aromatic carbocycles. The minimum Gasteiger partial charge on any atom is -0.348 e. The molecular weight excluding hydrogens is 260 g/mol. The molecule has 1 N–H and O–H groups in total. The Labute approximate surface area is 119 Å². The lowest BCUT2D eigenvalue weighted by Crippen LogP contribution is -2.14. The van der Waals surface area contributed by atoms with E-state index in [4.69, 9.17) is 11.6 Å². The highest BCUT2D eigenvalue weighted by Gasteiger charge is 2.13. The van der Waals surface area contributed by atoms with Crippen LogP contribution < -0.4 is 5.32 Å². The Balaban J connectivity index is 2.20. The number of hydrogen-bond donors (Lipinski definition) is 1. The highest BCUT2D eigenvalue weighted by Crippen LogP contribution is 2.22. The van der Waals surface area contributed by atoms with Gasteiger partial charge in [0.1, 0.15) is 0 Å². The molecule has 0 bridgehead atoms. The fourth-order valence-corrected chi connectivity index (χ4v) is 2.61. The molecule has 104 valence electrons. The molecule has 2 rings (SSSR count). The molecule has 0 fully saturated rings. The first-order chi connectivity index (χ1) is 9.06. The molecule has 0 spiro atoms. The molecule has 0 amide bonds. The molecule has 4 nitrogen and oxygen atoms in total. The average Bonchev–Trinajstić information content (AvgIpc) is 2.93. The summed E-state index contributed by atoms with van der Waals surface area (Å²) in [6.45, 7) is 4.86. The number of rotatable bonds is 5. The number of aryl methyl sites for hydroxylation is 2. The third-order valence-electron chi connectivity index (χ3n) is 3.53. The number of halogens is 1. The Morgan fingerprint density at radius 3 is 2.74 bits per heavy atom. The van der Waals surface area contributed by atoms with Crippen molar-refractivity contribution < 1.29 is 0 Å². The van der Waals surface area contributed by atoms with Crippen LogP contribution in [0, 0.1) is 6.92 Å². The number of hydrogen-bond acceptors (Lipinski definition) is 2. The summed E-state index contributed by atoms with van der Waals surface area (Å²) in [7, 11) is 3.92. The van der Waals surface area contributed by atoms with Crippen LogP contribution in [0.3, 0.4) is 0 Å². The summed E-state index contributed by atoms with van der Waals surface area (Å²) in [6.07, 6.45) is 5.34. The average molecular weight is 281 g/mol. The third kappa shape index (κ3) is 2.85. The third-order valence-corrected chi connectivity index (χ3v) is 4.02. The van der Waals surface area contributed by atoms with E-state index >= 15 is 0 Å². The largest absolute Gasteiger partial charge is 0.348 e. The summed E-state index contributed by atoms with van der Waals surface area (Å²) >= 11 is 6.28. The van der Waals surface area contributed by atoms with E-state index in [0.717, 1.165) is 29.4 Å². The zero-order valence-corrected chi connectivity index (χ0v) is 12.7. The predicted octanol–water partition coefficient (Wildman–Crippen LogP) is 2.90. The molecule has 2 aromatic rings. The van der Waals surface area contributed by atoms with Crippen molar-refractivity contribution in [1.82, 2.24) is 19.7 Å². The SMILES string of the molecule is CCC(NC)c1ccn(Cc2c(Cl)c(C)nn2C)c1. The van der Waals surface area contributed by atoms with E-state index < -0.39 is 0 Å². The summed E-state index contributed by atoms with van der Waals surface area (Å²) in [5.41, 5.74) is 3.23. The summed E-state index contributed by atoms with van der Waals surface area (Å²) in [4.78, 5) is 0. The van der Waals surface area contributed by atoms with Gasteiger partial charge in [-0.3, -0.25) is 4.68 Å². The van der Waals surface area contributed by atoms with Gasteiger partial charge in [0.2, 0.25) is 0 Å². The Bertz CT molecular complexity index is 552. The van der Waals surface area contributed by atoms with E-state index in [0.29, 0.717) is 6.04 Å². The summed E-state index contributed by atoms with van der Waals surface area (Å²) in [6, 6.07) is 2.56. The minimum atomic E-state index is 0.407. The van der Waals surface area contributed by atoms with Crippen LogP contribution in [0.1, 0.15) is 36.3 Å². The van der Waals surface area contributed by atoms with Gasteiger partial charge in [-0.2, -0.15) is 5.10 Å². The first-order valence-corrected chi connectivity index (χ1v) is 6.95. The molecule has 2 heterocycles. The maximum atomic E-state index is 6.28. The van der Waals surface area contributed by atoms with Crippen molar-refractivity contribution >= 4 is 11.6 Å². The molecule has 1 unspecified atom stereocenters. The number of nitrogens with one attached hydrogen (secondary N) is 1. The predicted molar refractivity (Wildman–Crippen MR) is 78.6 cm³/mol. The number of nitrogens with zero attached hydrogens (tertiary/aromatic N) is 3. The van der Waals surface area contributed by atoms with Crippen molar-refractivity contribution in [2.45, 2.75) is 32.9 Å². The summed E-state index contributed by atoms with van der Waals surface area (Å²) < 4.78 is 4.00. The van der Waals surface area contributed by atoms with Crippen LogP contribution in [0.15, 0.2) is 18.5 Å². The Morgan fingerprint density at radius 1 is 1.47 bits per heavy atom. The van der Waals surface area contributed by atoms with E-state index in [9.17, 15) is 0 Å². The zero-order chi connectivity index (χ0) is 14.0. The van der Waals surface area contributed by atoms with Gasteiger partial charge in [0.15, 0.2) is 0 Å². The van der Waals surface area contributed by atoms with Gasteiger partial charge in [0.05, 0.1) is 23.0 Å². The molecule has 0 aliphatic heterocycles. The molecule has 0 saturated heterocycles. The van der Waals surface area contributed by atoms with Gasteiger partial charge in [-0.15, -0.1) is 0 Å². The van der Waals surface area contributed by atoms with Crippen LogP contribution in [0.4, 0.5) is 0 Å². The van der Waals surface area contributed by atoms with Crippen LogP contribution in [-0.2, 0) is 13.6 Å². The topological polar surface area (TPSA) is 34.8 Å². The Morgan fingerprint density at radius 2 is 2.21 bits per heavy atom. The fourth-order valence-electron chi connectivity index (χ4n) is 2.40. The van der Waals surface area contributed by atoms with Crippen molar-refractivity contribution in [3.05, 3.63) is 40.4 Å². The second-order valence-corrected chi connectivity index (χ2v) is 5.21. The molecule has 0 saturated carbocycles. The van der Waals surface area contributed by atoms with Crippen LogP contribution in [0.2, 0.25) is 5.02 Å². The highest BCUT2D eigenvalue weighted by atomic mass is 35.5. The van der Waals surface area contributed by atoms with Crippen LogP contribution in [-0.4, -0.2) is 21.4 Å². The van der Waals surface area contributed by atoms with Crippen LogP contribution >= 0.6 is 11.6 Å². The monoisotopic (exact) mass is 280 g/mol. The zero-order valence-electron chi connectivity index (χ0n) is 11.9. The standard InChI is InChI=1S/C14H21ClN4/c1-5-12(16-3)11-6-7-19(8-11)9-13-14(15)10(2)17-18(13)4/h6-8,12,16H,5,9H2,1-4H3. The fraction of sp³-hybridized carbons (Fsp3) is 0.500. The maximum Gasteiger partial charge on any atom is 0.0865 e.